The van der Waals surface area contributed by atoms with Crippen LogP contribution < -0.4 is 11.2 Å². The number of amides is 1. The fourth-order valence-corrected chi connectivity index (χ4v) is 5.21. The number of nitrogens with one attached hydrogen (secondary N) is 1. The average Bonchev–Trinajstić information content (AvgIpc) is 3.22. The average molecular weight is 366 g/mol. The molecule has 0 aliphatic heterocycles. The maximum atomic E-state index is 12.6. The third kappa shape index (κ3) is 3.81. The van der Waals surface area contributed by atoms with E-state index in [0.717, 1.165) is 17.7 Å². The van der Waals surface area contributed by atoms with Crippen molar-refractivity contribution < 1.29 is 4.79 Å². The maximum absolute atomic E-state index is 12.6. The molecule has 1 heterocycles. The van der Waals surface area contributed by atoms with E-state index in [9.17, 15) is 4.79 Å². The van der Waals surface area contributed by atoms with Gasteiger partial charge in [-0.05, 0) is 50.9 Å². The van der Waals surface area contributed by atoms with Crippen molar-refractivity contribution in [2.45, 2.75) is 82.2 Å². The summed E-state index contributed by atoms with van der Waals surface area (Å²) in [4.78, 5) is 12.6. The van der Waals surface area contributed by atoms with Crippen LogP contribution in [0.25, 0.3) is 0 Å². The lowest BCUT2D eigenvalue weighted by molar-refractivity contribution is -0.121. The van der Waals surface area contributed by atoms with Gasteiger partial charge in [-0.1, -0.05) is 39.0 Å². The second-order valence-electron chi connectivity index (χ2n) is 8.82. The van der Waals surface area contributed by atoms with Gasteiger partial charge in [-0.15, -0.1) is 10.2 Å². The molecule has 5 atom stereocenters. The first-order valence-corrected chi connectivity index (χ1v) is 10.2. The number of nitrogens with zero attached hydrogens (tertiary/aromatic N) is 3. The summed E-state index contributed by atoms with van der Waals surface area (Å²) < 4.78 is 1.51. The Balaban J connectivity index is 1.57. The molecule has 2 aliphatic rings. The quantitative estimate of drug-likeness (QED) is 0.619. The highest BCUT2D eigenvalue weighted by atomic mass is 32.2. The molecule has 3 rings (SSSR count). The number of nitrogen functional groups attached to an aromatic ring is 1. The lowest BCUT2D eigenvalue weighted by atomic mass is 9.84. The van der Waals surface area contributed by atoms with Crippen LogP contribution in [0.2, 0.25) is 0 Å². The van der Waals surface area contributed by atoms with E-state index < -0.39 is 0 Å². The largest absolute Gasteiger partial charge is 0.352 e. The van der Waals surface area contributed by atoms with E-state index >= 15 is 0 Å². The molecule has 0 radical (unpaired) electrons. The molecule has 1 amide bonds. The Morgan fingerprint density at radius 3 is 2.52 bits per heavy atom. The molecule has 1 aromatic rings. The summed E-state index contributed by atoms with van der Waals surface area (Å²) in [5, 5.41) is 11.9. The van der Waals surface area contributed by atoms with Crippen molar-refractivity contribution in [2.24, 2.45) is 17.8 Å². The molecule has 0 saturated heterocycles. The van der Waals surface area contributed by atoms with Crippen LogP contribution in [0.5, 0.6) is 0 Å². The van der Waals surface area contributed by atoms with Crippen LogP contribution in [0.3, 0.4) is 0 Å². The number of rotatable bonds is 5. The molecule has 7 heteroatoms. The fraction of sp³-hybridized carbons (Fsp3) is 0.833. The molecular formula is C18H31N5OS. The van der Waals surface area contributed by atoms with Crippen molar-refractivity contribution in [3.63, 3.8) is 0 Å². The van der Waals surface area contributed by atoms with Gasteiger partial charge in [0.25, 0.3) is 0 Å². The molecule has 2 saturated carbocycles. The molecule has 2 aliphatic carbocycles. The van der Waals surface area contributed by atoms with Crippen molar-refractivity contribution in [1.29, 1.82) is 0 Å². The van der Waals surface area contributed by atoms with Crippen LogP contribution >= 0.6 is 11.8 Å². The number of aromatic nitrogens is 3. The Kier molecular flexibility index (Phi) is 5.06. The lowest BCUT2D eigenvalue weighted by Gasteiger charge is -2.29. The van der Waals surface area contributed by atoms with Crippen molar-refractivity contribution in [2.75, 3.05) is 5.84 Å². The van der Waals surface area contributed by atoms with Crippen molar-refractivity contribution >= 4 is 17.7 Å². The number of carbonyl (C=O) groups is 1. The highest BCUT2D eigenvalue weighted by Gasteiger charge is 2.42. The van der Waals surface area contributed by atoms with Gasteiger partial charge < -0.3 is 11.2 Å². The molecule has 0 spiro atoms. The first kappa shape index (κ1) is 18.5. The topological polar surface area (TPSA) is 85.8 Å². The Labute approximate surface area is 154 Å². The predicted octanol–water partition coefficient (Wildman–Crippen LogP) is 2.71. The first-order chi connectivity index (χ1) is 11.7. The monoisotopic (exact) mass is 365 g/mol. The summed E-state index contributed by atoms with van der Waals surface area (Å²) >= 11 is 1.37. The SMILES string of the molecule is CC(Sc1nnc(C(C)(C)C)n1N)C(=O)NC(C)C1CC2CCC1C2. The van der Waals surface area contributed by atoms with Gasteiger partial charge in [0.15, 0.2) is 5.82 Å². The number of thioether (sulfide) groups is 1. The van der Waals surface area contributed by atoms with E-state index in [-0.39, 0.29) is 22.6 Å². The Morgan fingerprint density at radius 1 is 1.28 bits per heavy atom. The summed E-state index contributed by atoms with van der Waals surface area (Å²) in [5.41, 5.74) is -0.178. The minimum absolute atomic E-state index is 0.0561. The van der Waals surface area contributed by atoms with Crippen LogP contribution in [-0.4, -0.2) is 32.1 Å². The van der Waals surface area contributed by atoms with Gasteiger partial charge in [-0.3, -0.25) is 4.79 Å². The zero-order chi connectivity index (χ0) is 18.4. The maximum Gasteiger partial charge on any atom is 0.233 e. The highest BCUT2D eigenvalue weighted by Crippen LogP contribution is 2.49. The molecule has 2 fully saturated rings. The van der Waals surface area contributed by atoms with Crippen LogP contribution in [0.1, 0.15) is 66.1 Å². The van der Waals surface area contributed by atoms with E-state index in [1.165, 1.54) is 42.1 Å². The molecule has 1 aromatic heterocycles. The molecule has 5 unspecified atom stereocenters. The van der Waals surface area contributed by atoms with Crippen molar-refractivity contribution in [3.05, 3.63) is 5.82 Å². The van der Waals surface area contributed by atoms with Crippen LogP contribution in [-0.2, 0) is 10.2 Å². The Morgan fingerprint density at radius 2 is 2.00 bits per heavy atom. The van der Waals surface area contributed by atoms with E-state index in [1.54, 1.807) is 0 Å². The van der Waals surface area contributed by atoms with Crippen molar-refractivity contribution in [3.8, 4) is 0 Å². The summed E-state index contributed by atoms with van der Waals surface area (Å²) in [7, 11) is 0. The summed E-state index contributed by atoms with van der Waals surface area (Å²) in [6.45, 7) is 10.2. The molecular weight excluding hydrogens is 334 g/mol. The van der Waals surface area contributed by atoms with Gasteiger partial charge in [-0.2, -0.15) is 0 Å². The molecule has 6 nitrogen and oxygen atoms in total. The normalized spacial score (nSPS) is 28.1. The second kappa shape index (κ2) is 6.82. The van der Waals surface area contributed by atoms with Crippen LogP contribution in [0.4, 0.5) is 0 Å². The first-order valence-electron chi connectivity index (χ1n) is 9.34. The molecule has 2 bridgehead atoms. The Bertz CT molecular complexity index is 638. The van der Waals surface area contributed by atoms with Gasteiger partial charge in [-0.25, -0.2) is 4.68 Å². The van der Waals surface area contributed by atoms with Gasteiger partial charge in [0.1, 0.15) is 0 Å². The third-order valence-corrected chi connectivity index (χ3v) is 6.85. The minimum Gasteiger partial charge on any atom is -0.352 e. The van der Waals surface area contributed by atoms with E-state index in [2.05, 4.69) is 22.4 Å². The Hall–Kier alpha value is -1.24. The standard InChI is InChI=1S/C18H31N5OS/c1-10(14-9-12-6-7-13(14)8-12)20-15(24)11(2)25-17-22-21-16(23(17)19)18(3,4)5/h10-14H,6-9,19H2,1-5H3,(H,20,24). The van der Waals surface area contributed by atoms with E-state index in [0.29, 0.717) is 11.1 Å². The number of nitrogens with two attached hydrogens (primary N) is 1. The molecule has 0 aromatic carbocycles. The van der Waals surface area contributed by atoms with E-state index in [4.69, 9.17) is 5.84 Å². The number of fused-ring (bicyclic) bond motifs is 2. The summed E-state index contributed by atoms with van der Waals surface area (Å²) in [6, 6.07) is 0.242. The molecule has 25 heavy (non-hydrogen) atoms. The van der Waals surface area contributed by atoms with E-state index in [1.807, 2.05) is 27.7 Å². The third-order valence-electron chi connectivity index (χ3n) is 5.79. The van der Waals surface area contributed by atoms with Crippen LogP contribution in [0, 0.1) is 17.8 Å². The molecule has 3 N–H and O–H groups in total. The molecule has 140 valence electrons. The number of hydrogen-bond donors (Lipinski definition) is 2. The van der Waals surface area contributed by atoms with Gasteiger partial charge >= 0.3 is 0 Å². The highest BCUT2D eigenvalue weighted by molar-refractivity contribution is 8.00. The van der Waals surface area contributed by atoms with Gasteiger partial charge in [0.05, 0.1) is 5.25 Å². The van der Waals surface area contributed by atoms with Gasteiger partial charge in [0.2, 0.25) is 11.1 Å². The summed E-state index contributed by atoms with van der Waals surface area (Å²) in [6.07, 6.45) is 5.36. The van der Waals surface area contributed by atoms with Crippen molar-refractivity contribution in [1.82, 2.24) is 20.2 Å². The zero-order valence-corrected chi connectivity index (χ0v) is 16.8. The zero-order valence-electron chi connectivity index (χ0n) is 16.0. The smallest absolute Gasteiger partial charge is 0.233 e. The lowest BCUT2D eigenvalue weighted by Crippen LogP contribution is -2.43. The predicted molar refractivity (Wildman–Crippen MR) is 101 cm³/mol. The fourth-order valence-electron chi connectivity index (χ4n) is 4.44. The van der Waals surface area contributed by atoms with Gasteiger partial charge in [0, 0.05) is 11.5 Å². The van der Waals surface area contributed by atoms with Crippen LogP contribution in [0.15, 0.2) is 5.16 Å². The minimum atomic E-state index is -0.250. The number of hydrogen-bond acceptors (Lipinski definition) is 5. The summed E-state index contributed by atoms with van der Waals surface area (Å²) in [5.74, 6) is 9.25. The second-order valence-corrected chi connectivity index (χ2v) is 10.1. The number of carbonyl (C=O) groups excluding carboxylic acids is 1.